The van der Waals surface area contributed by atoms with Crippen molar-refractivity contribution < 1.29 is 28.1 Å². The monoisotopic (exact) mass is 672 g/mol. The van der Waals surface area contributed by atoms with Crippen LogP contribution in [-0.2, 0) is 14.2 Å². The van der Waals surface area contributed by atoms with Crippen LogP contribution < -0.4 is 0 Å². The summed E-state index contributed by atoms with van der Waals surface area (Å²) in [7, 11) is 0. The van der Waals surface area contributed by atoms with Gasteiger partial charge in [-0.05, 0) is 37.3 Å². The van der Waals surface area contributed by atoms with Crippen LogP contribution in [0, 0.1) is 18.6 Å². The Bertz CT molecular complexity index is 1960. The highest BCUT2D eigenvalue weighted by atomic mass is 35.5. The average molecular weight is 674 g/mol. The summed E-state index contributed by atoms with van der Waals surface area (Å²) in [6.45, 7) is 1.68. The molecule has 0 bridgehead atoms. The molecule has 1 N–H and O–H groups in total. The Morgan fingerprint density at radius 1 is 1.02 bits per heavy atom. The van der Waals surface area contributed by atoms with E-state index >= 15 is 0 Å². The van der Waals surface area contributed by atoms with Crippen LogP contribution in [0.2, 0.25) is 15.1 Å². The molecule has 4 heterocycles. The number of aryl methyl sites for hydroxylation is 1. The van der Waals surface area contributed by atoms with E-state index in [2.05, 4.69) is 20.4 Å². The van der Waals surface area contributed by atoms with E-state index in [1.54, 1.807) is 25.1 Å². The Morgan fingerprint density at radius 3 is 2.53 bits per heavy atom. The molecule has 0 radical (unpaired) electrons. The molecule has 3 aromatic carbocycles. The van der Waals surface area contributed by atoms with Crippen LogP contribution in [0.3, 0.4) is 0 Å². The standard InChI is InChI=1S/C30H21Cl3F2N6O4/c1-14-36-27(41(38-14)22-11-17(31)7-8-18(22)32)26-30(42)24(40-12-21(37-39-40)16-9-19(34)23(33)20(35)10-16)25-29(30,45-26)13-43-28(44-25)15-5-3-2-4-6-15/h2-12,24-26,28,42H,13H2,1H3. The highest BCUT2D eigenvalue weighted by Gasteiger charge is 2.88. The molecule has 1 aliphatic carbocycles. The molecule has 10 nitrogen and oxygen atoms in total. The lowest BCUT2D eigenvalue weighted by atomic mass is 9.51. The highest BCUT2D eigenvalue weighted by Crippen LogP contribution is 2.71. The van der Waals surface area contributed by atoms with E-state index in [4.69, 9.17) is 49.0 Å². The summed E-state index contributed by atoms with van der Waals surface area (Å²) in [5.74, 6) is -1.22. The highest BCUT2D eigenvalue weighted by molar-refractivity contribution is 6.34. The smallest absolute Gasteiger partial charge is 0.184 e. The molecule has 5 aromatic rings. The number of aromatic nitrogens is 6. The third kappa shape index (κ3) is 4.14. The maximum Gasteiger partial charge on any atom is 0.184 e. The average Bonchev–Trinajstić information content (AvgIpc) is 3.67. The third-order valence-corrected chi connectivity index (χ3v) is 9.49. The summed E-state index contributed by atoms with van der Waals surface area (Å²) in [6, 6.07) is 15.5. The van der Waals surface area contributed by atoms with Crippen molar-refractivity contribution in [1.29, 1.82) is 0 Å². The van der Waals surface area contributed by atoms with E-state index in [1.807, 2.05) is 30.3 Å². The SMILES string of the molecule is Cc1nc(C2OC34COC(c5ccccc5)OC3C(n3cc(-c5cc(F)c(Cl)c(F)c5)nn3)C24O)n(-c2cc(Cl)ccc2Cl)n1. The van der Waals surface area contributed by atoms with Crippen LogP contribution in [-0.4, -0.2) is 58.8 Å². The lowest BCUT2D eigenvalue weighted by Gasteiger charge is -2.75. The zero-order valence-corrected chi connectivity index (χ0v) is 25.4. The van der Waals surface area contributed by atoms with Gasteiger partial charge in [0.1, 0.15) is 40.3 Å². The molecule has 45 heavy (non-hydrogen) atoms. The fourth-order valence-electron chi connectivity index (χ4n) is 6.49. The maximum absolute atomic E-state index is 14.3. The summed E-state index contributed by atoms with van der Waals surface area (Å²) in [6.07, 6.45) is -1.09. The van der Waals surface area contributed by atoms with Crippen molar-refractivity contribution in [2.45, 2.75) is 42.7 Å². The van der Waals surface area contributed by atoms with Gasteiger partial charge in [0.15, 0.2) is 29.4 Å². The van der Waals surface area contributed by atoms with Gasteiger partial charge in [-0.1, -0.05) is 70.3 Å². The molecule has 1 saturated carbocycles. The van der Waals surface area contributed by atoms with Gasteiger partial charge < -0.3 is 19.3 Å². The number of nitrogens with zero attached hydrogens (tertiary/aromatic N) is 6. The Hall–Kier alpha value is -3.49. The Labute approximate surface area is 269 Å². The fraction of sp³-hybridized carbons (Fsp3) is 0.267. The van der Waals surface area contributed by atoms with E-state index in [1.165, 1.54) is 15.6 Å². The minimum atomic E-state index is -1.71. The van der Waals surface area contributed by atoms with Crippen molar-refractivity contribution >= 4 is 34.8 Å². The zero-order chi connectivity index (χ0) is 31.2. The van der Waals surface area contributed by atoms with E-state index in [9.17, 15) is 13.9 Å². The number of halogens is 5. The van der Waals surface area contributed by atoms with Gasteiger partial charge in [0.2, 0.25) is 0 Å². The molecule has 0 amide bonds. The molecular weight excluding hydrogens is 653 g/mol. The van der Waals surface area contributed by atoms with E-state index in [0.717, 1.165) is 17.7 Å². The number of aliphatic hydroxyl groups is 1. The number of ether oxygens (including phenoxy) is 3. The molecule has 6 unspecified atom stereocenters. The van der Waals surface area contributed by atoms with E-state index in [0.29, 0.717) is 21.6 Å². The first-order valence-electron chi connectivity index (χ1n) is 13.8. The summed E-state index contributed by atoms with van der Waals surface area (Å²) in [5, 5.41) is 25.7. The summed E-state index contributed by atoms with van der Waals surface area (Å²) >= 11 is 18.5. The Morgan fingerprint density at radius 2 is 1.78 bits per heavy atom. The Kier molecular flexibility index (Phi) is 6.60. The molecule has 2 aromatic heterocycles. The summed E-state index contributed by atoms with van der Waals surface area (Å²) in [4.78, 5) is 4.59. The second-order valence-corrected chi connectivity index (χ2v) is 12.4. The second-order valence-electron chi connectivity index (χ2n) is 11.1. The molecule has 1 spiro atoms. The summed E-state index contributed by atoms with van der Waals surface area (Å²) < 4.78 is 50.5. The van der Waals surface area contributed by atoms with Crippen molar-refractivity contribution in [1.82, 2.24) is 29.8 Å². The van der Waals surface area contributed by atoms with Crippen molar-refractivity contribution in [3.8, 4) is 16.9 Å². The van der Waals surface area contributed by atoms with Gasteiger partial charge in [0.25, 0.3) is 0 Å². The van der Waals surface area contributed by atoms with E-state index < -0.39 is 52.4 Å². The van der Waals surface area contributed by atoms with Gasteiger partial charge in [-0.25, -0.2) is 23.1 Å². The molecular formula is C30H21Cl3F2N6O4. The lowest BCUT2D eigenvalue weighted by Crippen LogP contribution is -2.91. The maximum atomic E-state index is 14.3. The number of hydrogen-bond donors (Lipinski definition) is 1. The number of rotatable bonds is 5. The van der Waals surface area contributed by atoms with Crippen molar-refractivity contribution in [3.63, 3.8) is 0 Å². The van der Waals surface area contributed by atoms with Crippen LogP contribution in [0.25, 0.3) is 16.9 Å². The van der Waals surface area contributed by atoms with E-state index in [-0.39, 0.29) is 23.7 Å². The molecule has 3 fully saturated rings. The van der Waals surface area contributed by atoms with Crippen LogP contribution in [0.5, 0.6) is 0 Å². The molecule has 2 aliphatic heterocycles. The largest absolute Gasteiger partial charge is 0.381 e. The number of benzene rings is 3. The lowest BCUT2D eigenvalue weighted by molar-refractivity contribution is -0.513. The van der Waals surface area contributed by atoms with Gasteiger partial charge in [-0.2, -0.15) is 5.10 Å². The summed E-state index contributed by atoms with van der Waals surface area (Å²) in [5.41, 5.74) is -1.53. The zero-order valence-electron chi connectivity index (χ0n) is 23.1. The van der Waals surface area contributed by atoms with Crippen LogP contribution in [0.1, 0.15) is 35.6 Å². The normalized spacial score (nSPS) is 28.6. The van der Waals surface area contributed by atoms with Crippen molar-refractivity contribution in [2.24, 2.45) is 0 Å². The minimum absolute atomic E-state index is 0.0130. The first-order valence-corrected chi connectivity index (χ1v) is 14.9. The van der Waals surface area contributed by atoms with Gasteiger partial charge in [-0.15, -0.1) is 5.10 Å². The molecule has 2 saturated heterocycles. The predicted molar refractivity (Wildman–Crippen MR) is 157 cm³/mol. The molecule has 3 aliphatic rings. The van der Waals surface area contributed by atoms with Gasteiger partial charge in [-0.3, -0.25) is 0 Å². The Balaban J connectivity index is 1.22. The fourth-order valence-corrected chi connectivity index (χ4v) is 6.96. The van der Waals surface area contributed by atoms with Gasteiger partial charge in [0, 0.05) is 16.1 Å². The van der Waals surface area contributed by atoms with Crippen LogP contribution in [0.4, 0.5) is 8.78 Å². The van der Waals surface area contributed by atoms with Gasteiger partial charge >= 0.3 is 0 Å². The number of hydrogen-bond acceptors (Lipinski definition) is 8. The first kappa shape index (κ1) is 28.9. The van der Waals surface area contributed by atoms with Gasteiger partial charge in [0.05, 0.1) is 23.5 Å². The first-order chi connectivity index (χ1) is 21.6. The molecule has 230 valence electrons. The van der Waals surface area contributed by atoms with Crippen molar-refractivity contribution in [3.05, 3.63) is 111 Å². The quantitative estimate of drug-likeness (QED) is 0.227. The molecule has 15 heteroatoms. The van der Waals surface area contributed by atoms with Crippen molar-refractivity contribution in [2.75, 3.05) is 6.61 Å². The molecule has 8 rings (SSSR count). The topological polar surface area (TPSA) is 109 Å². The minimum Gasteiger partial charge on any atom is -0.381 e. The van der Waals surface area contributed by atoms with Crippen LogP contribution in [0.15, 0.2) is 66.9 Å². The third-order valence-electron chi connectivity index (χ3n) is 8.58. The predicted octanol–water partition coefficient (Wildman–Crippen LogP) is 5.98. The second kappa shape index (κ2) is 10.3. The molecule has 6 atom stereocenters. The van der Waals surface area contributed by atoms with Crippen LogP contribution >= 0.6 is 34.8 Å².